The zero-order chi connectivity index (χ0) is 25.1. The molecule has 0 aliphatic rings. The quantitative estimate of drug-likeness (QED) is 0.214. The van der Waals surface area contributed by atoms with Crippen LogP contribution in [0.5, 0.6) is 28.7 Å². The first-order valence-electron chi connectivity index (χ1n) is 8.28. The van der Waals surface area contributed by atoms with E-state index in [2.05, 4.69) is 14.2 Å². The smallest absolute Gasteiger partial charge is 0.495 e. The van der Waals surface area contributed by atoms with Crippen LogP contribution in [0, 0.1) is 5.82 Å². The Morgan fingerprint density at radius 3 is 2.12 bits per heavy atom. The van der Waals surface area contributed by atoms with Crippen LogP contribution in [-0.2, 0) is 4.74 Å². The van der Waals surface area contributed by atoms with Gasteiger partial charge in [0.05, 0.1) is 24.8 Å². The van der Waals surface area contributed by atoms with Gasteiger partial charge >= 0.3 is 18.5 Å². The molecule has 0 fully saturated rings. The van der Waals surface area contributed by atoms with Crippen molar-refractivity contribution < 1.29 is 66.2 Å². The van der Waals surface area contributed by atoms with E-state index in [0.29, 0.717) is 12.1 Å². The molecule has 0 saturated heterocycles. The second-order valence-electron chi connectivity index (χ2n) is 5.82. The molecule has 0 heterocycles. The summed E-state index contributed by atoms with van der Waals surface area (Å²) < 4.78 is 74.5. The minimum absolute atomic E-state index is 0.243. The topological polar surface area (TPSA) is 141 Å². The Morgan fingerprint density at radius 2 is 1.64 bits per heavy atom. The maximum atomic E-state index is 14.6. The van der Waals surface area contributed by atoms with Gasteiger partial charge in [0.25, 0.3) is 0 Å². The van der Waals surface area contributed by atoms with E-state index in [0.717, 1.165) is 20.3 Å². The number of methoxy groups -OCH3 is 2. The number of carbonyl (C=O) groups is 2. The average Bonchev–Trinajstić information content (AvgIpc) is 2.69. The lowest BCUT2D eigenvalue weighted by Gasteiger charge is -2.21. The molecule has 0 radical (unpaired) electrons. The normalized spacial score (nSPS) is 11.6. The molecule has 10 nitrogen and oxygen atoms in total. The Hall–Kier alpha value is -3.33. The second-order valence-corrected chi connectivity index (χ2v) is 6.23. The number of halogens is 5. The van der Waals surface area contributed by atoms with Crippen LogP contribution in [0.2, 0.25) is 5.02 Å². The zero-order valence-electron chi connectivity index (χ0n) is 16.4. The standard InChI is InChI=1S/C18H13ClF4O10/c1-29-14-7(6-24)8(19)5-11(12(14)16(25)30-2)31-10-4-3-9(32-17(21,22)23)13(20)15(10)33-18(26,27)28/h3-6,26-28H,1-2H3. The maximum Gasteiger partial charge on any atom is 0.573 e. The molecular weight excluding hydrogens is 488 g/mol. The van der Waals surface area contributed by atoms with Gasteiger partial charge in [0.15, 0.2) is 17.8 Å². The molecule has 0 aliphatic carbocycles. The summed E-state index contributed by atoms with van der Waals surface area (Å²) in [6, 6.07) is 1.92. The van der Waals surface area contributed by atoms with Gasteiger partial charge in [0.1, 0.15) is 17.1 Å². The summed E-state index contributed by atoms with van der Waals surface area (Å²) in [4.78, 5) is 23.6. The van der Waals surface area contributed by atoms with E-state index >= 15 is 0 Å². The number of hydrogen-bond acceptors (Lipinski definition) is 10. The largest absolute Gasteiger partial charge is 0.573 e. The number of alkyl halides is 3. The summed E-state index contributed by atoms with van der Waals surface area (Å²) in [6.07, 6.45) is -9.18. The molecule has 2 rings (SSSR count). The number of rotatable bonds is 8. The van der Waals surface area contributed by atoms with Crippen molar-refractivity contribution in [2.45, 2.75) is 12.5 Å². The zero-order valence-corrected chi connectivity index (χ0v) is 17.2. The first-order valence-corrected chi connectivity index (χ1v) is 8.66. The third-order valence-electron chi connectivity index (χ3n) is 3.65. The molecule has 2 aromatic rings. The number of hydrogen-bond donors (Lipinski definition) is 3. The van der Waals surface area contributed by atoms with Crippen molar-refractivity contribution in [3.8, 4) is 28.7 Å². The van der Waals surface area contributed by atoms with Crippen LogP contribution in [0.15, 0.2) is 18.2 Å². The summed E-state index contributed by atoms with van der Waals surface area (Å²) in [5.41, 5.74) is -0.861. The molecule has 2 aromatic carbocycles. The molecule has 0 aliphatic heterocycles. The lowest BCUT2D eigenvalue weighted by molar-refractivity contribution is -0.420. The van der Waals surface area contributed by atoms with Crippen LogP contribution in [0.4, 0.5) is 17.6 Å². The molecule has 0 amide bonds. The molecule has 3 N–H and O–H groups in total. The fourth-order valence-electron chi connectivity index (χ4n) is 2.47. The molecule has 0 saturated carbocycles. The number of aliphatic hydroxyl groups is 3. The molecule has 0 spiro atoms. The van der Waals surface area contributed by atoms with E-state index in [-0.39, 0.29) is 16.9 Å². The highest BCUT2D eigenvalue weighted by Gasteiger charge is 2.36. The summed E-state index contributed by atoms with van der Waals surface area (Å²) >= 11 is 5.96. The van der Waals surface area contributed by atoms with E-state index in [9.17, 15) is 27.2 Å². The van der Waals surface area contributed by atoms with Crippen LogP contribution in [-0.4, -0.2) is 54.3 Å². The predicted octanol–water partition coefficient (Wildman–Crippen LogP) is 2.74. The van der Waals surface area contributed by atoms with Crippen LogP contribution in [0.3, 0.4) is 0 Å². The van der Waals surface area contributed by atoms with Crippen LogP contribution in [0.25, 0.3) is 0 Å². The van der Waals surface area contributed by atoms with Gasteiger partial charge in [0.2, 0.25) is 11.6 Å². The van der Waals surface area contributed by atoms with Crippen LogP contribution in [0.1, 0.15) is 20.7 Å². The van der Waals surface area contributed by atoms with Crippen molar-refractivity contribution in [3.05, 3.63) is 40.2 Å². The number of carbonyl (C=O) groups excluding carboxylic acids is 2. The lowest BCUT2D eigenvalue weighted by atomic mass is 10.1. The Kier molecular flexibility index (Phi) is 7.59. The number of esters is 1. The average molecular weight is 501 g/mol. The van der Waals surface area contributed by atoms with Gasteiger partial charge in [-0.25, -0.2) is 4.79 Å². The van der Waals surface area contributed by atoms with Crippen molar-refractivity contribution in [2.24, 2.45) is 0 Å². The molecule has 15 heteroatoms. The van der Waals surface area contributed by atoms with Gasteiger partial charge in [-0.1, -0.05) is 11.6 Å². The Morgan fingerprint density at radius 1 is 1.03 bits per heavy atom. The van der Waals surface area contributed by atoms with Gasteiger partial charge < -0.3 is 39.0 Å². The SMILES string of the molecule is COC(=O)c1c(Oc2ccc(OC(F)(F)F)c(F)c2OC(O)(O)O)cc(Cl)c(C=O)c1OC. The van der Waals surface area contributed by atoms with E-state index in [1.165, 1.54) is 0 Å². The first-order chi connectivity index (χ1) is 15.2. The Labute approximate surface area is 186 Å². The van der Waals surface area contributed by atoms with E-state index in [1.807, 2.05) is 0 Å². The summed E-state index contributed by atoms with van der Waals surface area (Å²) in [7, 11) is 2.01. The molecule has 33 heavy (non-hydrogen) atoms. The highest BCUT2D eigenvalue weighted by Crippen LogP contribution is 2.44. The third-order valence-corrected chi connectivity index (χ3v) is 3.97. The van der Waals surface area contributed by atoms with E-state index in [4.69, 9.17) is 36.4 Å². The molecule has 0 bridgehead atoms. The maximum absolute atomic E-state index is 14.6. The van der Waals surface area contributed by atoms with Crippen molar-refractivity contribution in [3.63, 3.8) is 0 Å². The van der Waals surface area contributed by atoms with Crippen LogP contribution < -0.4 is 18.9 Å². The van der Waals surface area contributed by atoms with Gasteiger partial charge in [-0.3, -0.25) is 4.79 Å². The molecule has 180 valence electrons. The highest BCUT2D eigenvalue weighted by atomic mass is 35.5. The number of ether oxygens (including phenoxy) is 5. The predicted molar refractivity (Wildman–Crippen MR) is 97.9 cm³/mol. The fraction of sp³-hybridized carbons (Fsp3) is 0.222. The highest BCUT2D eigenvalue weighted by molar-refractivity contribution is 6.33. The summed E-state index contributed by atoms with van der Waals surface area (Å²) in [5, 5.41) is 26.8. The Balaban J connectivity index is 2.74. The minimum Gasteiger partial charge on any atom is -0.495 e. The lowest BCUT2D eigenvalue weighted by Crippen LogP contribution is -2.35. The monoisotopic (exact) mass is 500 g/mol. The Bertz CT molecular complexity index is 1070. The van der Waals surface area contributed by atoms with Gasteiger partial charge in [-0.2, -0.15) is 4.39 Å². The summed E-state index contributed by atoms with van der Waals surface area (Å²) in [5.74, 6) is -7.99. The van der Waals surface area contributed by atoms with E-state index < -0.39 is 58.6 Å². The minimum atomic E-state index is -5.35. The summed E-state index contributed by atoms with van der Waals surface area (Å²) in [6.45, 7) is 0. The third kappa shape index (κ3) is 6.13. The number of aldehydes is 1. The molecular formula is C18H13ClF4O10. The van der Waals surface area contributed by atoms with Gasteiger partial charge in [0, 0.05) is 6.07 Å². The van der Waals surface area contributed by atoms with Crippen LogP contribution >= 0.6 is 11.6 Å². The van der Waals surface area contributed by atoms with Crippen molar-refractivity contribution >= 4 is 23.9 Å². The number of benzene rings is 2. The van der Waals surface area contributed by atoms with Crippen molar-refractivity contribution in [1.82, 2.24) is 0 Å². The van der Waals surface area contributed by atoms with Gasteiger partial charge in [-0.05, 0) is 12.1 Å². The second kappa shape index (κ2) is 9.66. The molecule has 0 aromatic heterocycles. The molecule has 0 unspecified atom stereocenters. The fourth-order valence-corrected chi connectivity index (χ4v) is 2.70. The van der Waals surface area contributed by atoms with E-state index in [1.54, 1.807) is 0 Å². The van der Waals surface area contributed by atoms with Crippen molar-refractivity contribution in [2.75, 3.05) is 14.2 Å². The first kappa shape index (κ1) is 25.9. The molecule has 0 atom stereocenters. The van der Waals surface area contributed by atoms with Crippen molar-refractivity contribution in [1.29, 1.82) is 0 Å². The van der Waals surface area contributed by atoms with Gasteiger partial charge in [-0.15, -0.1) is 13.2 Å².